The number of fused-ring (bicyclic) bond motifs is 1. The van der Waals surface area contributed by atoms with Crippen molar-refractivity contribution in [3.05, 3.63) is 86.8 Å². The van der Waals surface area contributed by atoms with E-state index < -0.39 is 17.4 Å². The second-order valence-electron chi connectivity index (χ2n) is 8.26. The van der Waals surface area contributed by atoms with Crippen LogP contribution < -0.4 is 15.0 Å². The van der Waals surface area contributed by atoms with Gasteiger partial charge in [0.25, 0.3) is 5.56 Å². The number of rotatable bonds is 7. The summed E-state index contributed by atoms with van der Waals surface area (Å²) in [6, 6.07) is 16.0. The maximum absolute atomic E-state index is 13.9. The number of benzene rings is 2. The topological polar surface area (TPSA) is 70.4 Å². The number of carbonyl (C=O) groups is 1. The number of halogens is 2. The van der Waals surface area contributed by atoms with E-state index in [2.05, 4.69) is 10.9 Å². The maximum Gasteiger partial charge on any atom is 0.313 e. The van der Waals surface area contributed by atoms with Crippen LogP contribution in [-0.4, -0.2) is 15.5 Å². The molecule has 0 aliphatic rings. The third kappa shape index (κ3) is 4.94. The van der Waals surface area contributed by atoms with E-state index in [-0.39, 0.29) is 51.5 Å². The van der Waals surface area contributed by atoms with Crippen LogP contribution >= 0.6 is 23.2 Å². The minimum Gasteiger partial charge on any atom is -0.487 e. The fraction of sp³-hybridized carbons (Fsp3) is 0.179. The summed E-state index contributed by atoms with van der Waals surface area (Å²) >= 11 is 13.2. The van der Waals surface area contributed by atoms with Gasteiger partial charge in [0.15, 0.2) is 5.75 Å². The number of aromatic nitrogens is 2. The minimum absolute atomic E-state index is 0.00955. The molecule has 0 amide bonds. The number of pyridine rings is 2. The largest absolute Gasteiger partial charge is 0.487 e. The van der Waals surface area contributed by atoms with Gasteiger partial charge < -0.3 is 9.47 Å². The van der Waals surface area contributed by atoms with Gasteiger partial charge in [0, 0.05) is 6.20 Å². The van der Waals surface area contributed by atoms with Crippen LogP contribution in [0.25, 0.3) is 22.2 Å². The minimum atomic E-state index is -0.542. The number of hydrogen-bond donors (Lipinski definition) is 0. The Morgan fingerprint density at radius 3 is 2.44 bits per heavy atom. The highest BCUT2D eigenvalue weighted by molar-refractivity contribution is 6.37. The Kier molecular flexibility index (Phi) is 7.64. The van der Waals surface area contributed by atoms with Gasteiger partial charge in [0.2, 0.25) is 0 Å². The zero-order chi connectivity index (χ0) is 25.8. The van der Waals surface area contributed by atoms with E-state index in [1.165, 1.54) is 10.8 Å². The molecule has 2 aromatic carbocycles. The first kappa shape index (κ1) is 25.3. The third-order valence-electron chi connectivity index (χ3n) is 5.43. The lowest BCUT2D eigenvalue weighted by atomic mass is 10.0. The Hall–Kier alpha value is -3.79. The lowest BCUT2D eigenvalue weighted by Crippen LogP contribution is -2.26. The molecule has 0 aliphatic carbocycles. The Morgan fingerprint density at radius 1 is 1.03 bits per heavy atom. The molecule has 2 heterocycles. The highest BCUT2D eigenvalue weighted by Crippen LogP contribution is 2.45. The van der Waals surface area contributed by atoms with Gasteiger partial charge in [-0.3, -0.25) is 14.2 Å². The van der Waals surface area contributed by atoms with Crippen LogP contribution in [0.4, 0.5) is 0 Å². The van der Waals surface area contributed by atoms with Crippen molar-refractivity contribution in [1.29, 1.82) is 0 Å². The summed E-state index contributed by atoms with van der Waals surface area (Å²) in [5.41, 5.74) is 0.835. The maximum atomic E-state index is 13.9. The van der Waals surface area contributed by atoms with Crippen molar-refractivity contribution >= 4 is 40.2 Å². The average Bonchev–Trinajstić information content (AvgIpc) is 2.88. The number of nitrogens with zero attached hydrogens (tertiary/aromatic N) is 2. The molecule has 0 atom stereocenters. The summed E-state index contributed by atoms with van der Waals surface area (Å²) < 4.78 is 13.2. The molecule has 0 aliphatic heterocycles. The molecule has 0 saturated heterocycles. The zero-order valence-electron chi connectivity index (χ0n) is 19.6. The molecule has 0 unspecified atom stereocenters. The van der Waals surface area contributed by atoms with Crippen molar-refractivity contribution in [2.75, 3.05) is 0 Å². The second-order valence-corrected chi connectivity index (χ2v) is 9.07. The fourth-order valence-electron chi connectivity index (χ4n) is 3.67. The molecular formula is C28H22Cl2N2O4. The Balaban J connectivity index is 2.04. The first-order chi connectivity index (χ1) is 17.3. The van der Waals surface area contributed by atoms with Crippen molar-refractivity contribution in [2.24, 2.45) is 5.92 Å². The second kappa shape index (κ2) is 10.9. The quantitative estimate of drug-likeness (QED) is 0.216. The lowest BCUT2D eigenvalue weighted by molar-refractivity contribution is -0.137. The molecule has 8 heteroatoms. The van der Waals surface area contributed by atoms with Gasteiger partial charge in [0.05, 0.1) is 39.0 Å². The molecule has 0 spiro atoms. The predicted octanol–water partition coefficient (Wildman–Crippen LogP) is 6.14. The molecule has 0 fully saturated rings. The number of hydrogen-bond acceptors (Lipinski definition) is 5. The van der Waals surface area contributed by atoms with E-state index >= 15 is 0 Å². The Labute approximate surface area is 218 Å². The summed E-state index contributed by atoms with van der Waals surface area (Å²) in [6.07, 6.45) is 7.10. The molecule has 4 aromatic rings. The smallest absolute Gasteiger partial charge is 0.313 e. The third-order valence-corrected chi connectivity index (χ3v) is 6.04. The Morgan fingerprint density at radius 2 is 1.75 bits per heavy atom. The molecule has 0 saturated carbocycles. The first-order valence-electron chi connectivity index (χ1n) is 11.1. The molecule has 0 N–H and O–H groups in total. The van der Waals surface area contributed by atoms with Crippen molar-refractivity contribution in [3.63, 3.8) is 0 Å². The van der Waals surface area contributed by atoms with Gasteiger partial charge in [-0.25, -0.2) is 4.98 Å². The van der Waals surface area contributed by atoms with Gasteiger partial charge in [-0.2, -0.15) is 0 Å². The number of carbonyl (C=O) groups excluding carboxylic acids is 1. The molecule has 182 valence electrons. The molecule has 6 nitrogen and oxygen atoms in total. The Bertz CT molecular complexity index is 1540. The molecule has 4 rings (SSSR count). The van der Waals surface area contributed by atoms with E-state index in [1.54, 1.807) is 38.1 Å². The number of ether oxygens (including phenoxy) is 2. The summed E-state index contributed by atoms with van der Waals surface area (Å²) in [5, 5.41) is 0.846. The van der Waals surface area contributed by atoms with E-state index in [9.17, 15) is 9.59 Å². The molecule has 0 radical (unpaired) electrons. The fourth-order valence-corrected chi connectivity index (χ4v) is 4.13. The van der Waals surface area contributed by atoms with Crippen LogP contribution in [0.5, 0.6) is 11.5 Å². The SMILES string of the molecule is C#CCn1c(=O)c(-c2c(Cl)ccc(Cl)c2OCc2ccccc2)c(OC(=O)C(C)C)c2cccnc21. The standard InChI is InChI=1S/C28H22Cl2N2O4/c1-4-15-32-26-19(11-8-14-31-26)24(36-28(34)17(2)3)23(27(32)33)22-20(29)12-13-21(30)25(22)35-16-18-9-6-5-7-10-18/h1,5-14,17H,15-16H2,2-3H3. The van der Waals surface area contributed by atoms with Gasteiger partial charge in [-0.15, -0.1) is 6.42 Å². The highest BCUT2D eigenvalue weighted by atomic mass is 35.5. The van der Waals surface area contributed by atoms with E-state index in [4.69, 9.17) is 39.1 Å². The van der Waals surface area contributed by atoms with E-state index in [0.29, 0.717) is 5.39 Å². The van der Waals surface area contributed by atoms with Crippen LogP contribution in [0.3, 0.4) is 0 Å². The average molecular weight is 521 g/mol. The van der Waals surface area contributed by atoms with Crippen molar-refractivity contribution < 1.29 is 14.3 Å². The van der Waals surface area contributed by atoms with Crippen molar-refractivity contribution in [1.82, 2.24) is 9.55 Å². The van der Waals surface area contributed by atoms with Crippen molar-refractivity contribution in [3.8, 4) is 35.0 Å². The molecule has 2 aromatic heterocycles. The summed E-state index contributed by atoms with van der Waals surface area (Å²) in [5.74, 6) is 1.70. The summed E-state index contributed by atoms with van der Waals surface area (Å²) in [6.45, 7) is 3.50. The number of terminal acetylenes is 1. The molecule has 36 heavy (non-hydrogen) atoms. The first-order valence-corrected chi connectivity index (χ1v) is 11.9. The van der Waals surface area contributed by atoms with Crippen LogP contribution in [0.15, 0.2) is 65.6 Å². The van der Waals surface area contributed by atoms with Crippen LogP contribution in [-0.2, 0) is 17.9 Å². The number of esters is 1. The normalized spacial score (nSPS) is 10.9. The van der Waals surface area contributed by atoms with Gasteiger partial charge >= 0.3 is 5.97 Å². The monoisotopic (exact) mass is 520 g/mol. The molecular weight excluding hydrogens is 499 g/mol. The van der Waals surface area contributed by atoms with Gasteiger partial charge in [-0.1, -0.05) is 73.3 Å². The highest BCUT2D eigenvalue weighted by Gasteiger charge is 2.28. The summed E-state index contributed by atoms with van der Waals surface area (Å²) in [7, 11) is 0. The van der Waals surface area contributed by atoms with Crippen molar-refractivity contribution in [2.45, 2.75) is 27.0 Å². The van der Waals surface area contributed by atoms with Gasteiger partial charge in [0.1, 0.15) is 18.0 Å². The summed E-state index contributed by atoms with van der Waals surface area (Å²) in [4.78, 5) is 31.0. The van der Waals surface area contributed by atoms with Crippen LogP contribution in [0, 0.1) is 18.3 Å². The van der Waals surface area contributed by atoms with E-state index in [0.717, 1.165) is 5.56 Å². The molecule has 0 bridgehead atoms. The predicted molar refractivity (Wildman–Crippen MR) is 142 cm³/mol. The van der Waals surface area contributed by atoms with Crippen LogP contribution in [0.1, 0.15) is 19.4 Å². The van der Waals surface area contributed by atoms with Gasteiger partial charge in [-0.05, 0) is 29.8 Å². The van der Waals surface area contributed by atoms with E-state index in [1.807, 2.05) is 30.3 Å². The lowest BCUT2D eigenvalue weighted by Gasteiger charge is -2.20. The van der Waals surface area contributed by atoms with Crippen LogP contribution in [0.2, 0.25) is 10.0 Å². The zero-order valence-corrected chi connectivity index (χ0v) is 21.1.